The van der Waals surface area contributed by atoms with Crippen molar-refractivity contribution in [3.05, 3.63) is 0 Å². The third-order valence-electron chi connectivity index (χ3n) is 0.970. The van der Waals surface area contributed by atoms with Crippen molar-refractivity contribution < 1.29 is 15.8 Å². The Morgan fingerprint density at radius 3 is 2.30 bits per heavy atom. The van der Waals surface area contributed by atoms with Gasteiger partial charge in [-0.2, -0.15) is 0 Å². The number of hydrogen-bond acceptors (Lipinski definition) is 3. The normalized spacial score (nSPS) is 9.00. The highest BCUT2D eigenvalue weighted by Crippen LogP contribution is 1.93. The minimum Gasteiger partial charge on any atom is -0.393 e. The summed E-state index contributed by atoms with van der Waals surface area (Å²) < 4.78 is 4.36. The van der Waals surface area contributed by atoms with E-state index in [1.54, 1.807) is 6.92 Å². The van der Waals surface area contributed by atoms with Crippen molar-refractivity contribution in [2.45, 2.75) is 33.1 Å². The quantitative estimate of drug-likeness (QED) is 0.445. The molecule has 0 aliphatic rings. The molecule has 0 bridgehead atoms. The molecule has 0 aromatic carbocycles. The maximum absolute atomic E-state index is 10.6. The highest BCUT2D eigenvalue weighted by Gasteiger charge is 2.05. The first-order valence-electron chi connectivity index (χ1n) is 3.44. The van der Waals surface area contributed by atoms with Crippen LogP contribution in [-0.4, -0.2) is 11.9 Å². The van der Waals surface area contributed by atoms with E-state index in [2.05, 4.69) is 4.74 Å². The smallest absolute Gasteiger partial charge is 0.393 e. The van der Waals surface area contributed by atoms with Crippen molar-refractivity contribution in [1.29, 1.82) is 0 Å². The molecular weight excluding hydrogens is 132 g/mol. The third-order valence-corrected chi connectivity index (χ3v) is 0.970. The minimum atomic E-state index is -0.446. The molecule has 0 aliphatic heterocycles. The van der Waals surface area contributed by atoms with E-state index in [1.165, 1.54) is 0 Å². The van der Waals surface area contributed by atoms with Crippen LogP contribution in [0.4, 0.5) is 0 Å². The Bertz CT molecular complexity index is 134. The van der Waals surface area contributed by atoms with E-state index in [-0.39, 0.29) is 7.85 Å². The molecule has 0 heterocycles. The van der Waals surface area contributed by atoms with E-state index >= 15 is 0 Å². The summed E-state index contributed by atoms with van der Waals surface area (Å²) in [4.78, 5) is 21.0. The molecule has 0 aromatic heterocycles. The number of carbonyl (C=O) groups is 2. The second kappa shape index (κ2) is 4.97. The van der Waals surface area contributed by atoms with Gasteiger partial charge in [0.15, 0.2) is 0 Å². The monoisotopic (exact) mass is 145 g/mol. The first-order valence-corrected chi connectivity index (χ1v) is 3.44. The van der Waals surface area contributed by atoms with Gasteiger partial charge in [0, 0.05) is 12.8 Å². The Morgan fingerprint density at radius 2 is 1.90 bits per heavy atom. The van der Waals surface area contributed by atoms with Gasteiger partial charge in [0.1, 0.15) is 0 Å². The van der Waals surface area contributed by atoms with Gasteiger partial charge in [0.25, 0.3) is 0 Å². The van der Waals surface area contributed by atoms with Gasteiger partial charge in [-0.15, -0.1) is 0 Å². The summed E-state index contributed by atoms with van der Waals surface area (Å²) in [6.07, 6.45) is 1.30. The largest absolute Gasteiger partial charge is 1.00 e. The lowest BCUT2D eigenvalue weighted by molar-refractivity contribution is -0.159. The van der Waals surface area contributed by atoms with Crippen LogP contribution in [-0.2, 0) is 14.3 Å². The molecule has 0 rings (SSSR count). The summed E-state index contributed by atoms with van der Waals surface area (Å²) in [7, 11) is 0. The summed E-state index contributed by atoms with van der Waals surface area (Å²) in [6, 6.07) is 0. The number of ether oxygens (including phenoxy) is 1. The zero-order valence-electron chi connectivity index (χ0n) is 7.35. The van der Waals surface area contributed by atoms with E-state index < -0.39 is 11.9 Å². The Morgan fingerprint density at radius 1 is 1.30 bits per heavy atom. The lowest BCUT2D eigenvalue weighted by atomic mass is 10.3. The second-order valence-corrected chi connectivity index (χ2v) is 1.95. The molecule has 0 amide bonds. The fourth-order valence-corrected chi connectivity index (χ4v) is 0.454. The molecule has 3 heteroatoms. The highest BCUT2D eigenvalue weighted by atomic mass is 16.6. The maximum atomic E-state index is 10.6. The first kappa shape index (κ1) is 9.14. The molecule has 0 radical (unpaired) electrons. The van der Waals surface area contributed by atoms with Crippen LogP contribution in [0.1, 0.15) is 34.5 Å². The van der Waals surface area contributed by atoms with E-state index in [0.29, 0.717) is 6.42 Å². The molecule has 0 fully saturated rings. The predicted molar refractivity (Wildman–Crippen MR) is 37.4 cm³/mol. The van der Waals surface area contributed by atoms with Crippen LogP contribution in [0, 0.1) is 0 Å². The average Bonchev–Trinajstić information content (AvgIpc) is 1.88. The van der Waals surface area contributed by atoms with Crippen molar-refractivity contribution in [3.8, 4) is 0 Å². The number of esters is 2. The molecule has 0 saturated heterocycles. The summed E-state index contributed by atoms with van der Waals surface area (Å²) in [5.41, 5.74) is 0. The van der Waals surface area contributed by atoms with Crippen LogP contribution >= 0.6 is 0 Å². The van der Waals surface area contributed by atoms with Crippen LogP contribution < -0.4 is 0 Å². The van der Waals surface area contributed by atoms with Gasteiger partial charge in [-0.1, -0.05) is 13.8 Å². The van der Waals surface area contributed by atoms with Crippen molar-refractivity contribution in [1.82, 2.24) is 0 Å². The lowest BCUT2D eigenvalue weighted by Gasteiger charge is -1.97. The fraction of sp³-hybridized carbons (Fsp3) is 0.714. The van der Waals surface area contributed by atoms with Crippen molar-refractivity contribution in [3.63, 3.8) is 0 Å². The van der Waals surface area contributed by atoms with Gasteiger partial charge in [-0.05, 0) is 6.42 Å². The number of carbonyl (C=O) groups excluding carboxylic acids is 2. The third kappa shape index (κ3) is 4.06. The van der Waals surface area contributed by atoms with Crippen molar-refractivity contribution in [2.24, 2.45) is 0 Å². The summed E-state index contributed by atoms with van der Waals surface area (Å²) in [6.45, 7) is 3.51. The topological polar surface area (TPSA) is 43.4 Å². The van der Waals surface area contributed by atoms with Gasteiger partial charge in [0.2, 0.25) is 0 Å². The molecule has 0 atom stereocenters. The number of hydrogen-bond donors (Lipinski definition) is 0. The van der Waals surface area contributed by atoms with Gasteiger partial charge >= 0.3 is 13.4 Å². The van der Waals surface area contributed by atoms with Crippen LogP contribution in [0.3, 0.4) is 0 Å². The first-order chi connectivity index (χ1) is 4.70. The van der Waals surface area contributed by atoms with E-state index in [1.807, 2.05) is 6.92 Å². The van der Waals surface area contributed by atoms with Crippen molar-refractivity contribution in [2.75, 3.05) is 0 Å². The zero-order valence-corrected chi connectivity index (χ0v) is 6.35. The SMILES string of the molecule is CCCC(=O)OC(=O)CC.[H+]. The molecule has 58 valence electrons. The predicted octanol–water partition coefficient (Wildman–Crippen LogP) is 1.38. The van der Waals surface area contributed by atoms with Gasteiger partial charge in [-0.3, -0.25) is 9.59 Å². The lowest BCUT2D eigenvalue weighted by Crippen LogP contribution is -2.10. The van der Waals surface area contributed by atoms with Crippen LogP contribution in [0.15, 0.2) is 0 Å². The maximum Gasteiger partial charge on any atom is 1.00 e. The molecule has 0 unspecified atom stereocenters. The summed E-state index contributed by atoms with van der Waals surface area (Å²) in [5.74, 6) is -0.868. The molecule has 3 nitrogen and oxygen atoms in total. The molecule has 0 spiro atoms. The van der Waals surface area contributed by atoms with Crippen molar-refractivity contribution >= 4 is 11.9 Å². The molecule has 0 saturated carbocycles. The van der Waals surface area contributed by atoms with Crippen LogP contribution in [0.5, 0.6) is 0 Å². The highest BCUT2D eigenvalue weighted by molar-refractivity contribution is 5.85. The molecule has 0 aliphatic carbocycles. The Labute approximate surface area is 61.9 Å². The molecule has 10 heavy (non-hydrogen) atoms. The average molecular weight is 145 g/mol. The summed E-state index contributed by atoms with van der Waals surface area (Å²) in [5, 5.41) is 0. The standard InChI is InChI=1S/C7H12O3/c1-3-5-7(9)10-6(8)4-2/h3-5H2,1-2H3/p+1. The second-order valence-electron chi connectivity index (χ2n) is 1.95. The van der Waals surface area contributed by atoms with Gasteiger partial charge < -0.3 is 4.74 Å². The molecule has 0 aromatic rings. The minimum absolute atomic E-state index is 0. The molecule has 0 N–H and O–H groups in total. The van der Waals surface area contributed by atoms with E-state index in [4.69, 9.17) is 0 Å². The fourth-order valence-electron chi connectivity index (χ4n) is 0.454. The van der Waals surface area contributed by atoms with Gasteiger partial charge in [-0.25, -0.2) is 0 Å². The Hall–Kier alpha value is -0.860. The van der Waals surface area contributed by atoms with Crippen LogP contribution in [0.2, 0.25) is 0 Å². The van der Waals surface area contributed by atoms with E-state index in [9.17, 15) is 9.59 Å². The number of rotatable bonds is 3. The van der Waals surface area contributed by atoms with Gasteiger partial charge in [0.05, 0.1) is 0 Å². The Balaban J connectivity index is 0. The van der Waals surface area contributed by atoms with E-state index in [0.717, 1.165) is 6.42 Å². The van der Waals surface area contributed by atoms with Crippen LogP contribution in [0.25, 0.3) is 0 Å². The Kier molecular flexibility index (Phi) is 4.54. The summed E-state index contributed by atoms with van der Waals surface area (Å²) >= 11 is 0. The molecular formula is C7H13O3+. The zero-order chi connectivity index (χ0) is 7.98.